The smallest absolute Gasteiger partial charge is 0.409 e. The number of amides is 1. The Hall–Kier alpha value is -3.57. The fourth-order valence-electron chi connectivity index (χ4n) is 7.44. The van der Waals surface area contributed by atoms with Crippen LogP contribution in [-0.4, -0.2) is 132 Å². The Kier molecular flexibility index (Phi) is 31.5. The summed E-state index contributed by atoms with van der Waals surface area (Å²) in [7, 11) is 0. The Morgan fingerprint density at radius 1 is 0.629 bits per heavy atom. The van der Waals surface area contributed by atoms with Gasteiger partial charge in [-0.2, -0.15) is 0 Å². The van der Waals surface area contributed by atoms with Gasteiger partial charge in [0, 0.05) is 88.7 Å². The lowest BCUT2D eigenvalue weighted by atomic mass is 10.0. The molecule has 0 saturated carbocycles. The number of rotatable bonds is 10. The van der Waals surface area contributed by atoms with Gasteiger partial charge in [-0.1, -0.05) is 49.2 Å². The molecule has 0 bridgehead atoms. The number of nitrogens with zero attached hydrogens (tertiary/aromatic N) is 6. The molecule has 7 rings (SSSR count). The van der Waals surface area contributed by atoms with Crippen LogP contribution in [-0.2, 0) is 24.4 Å². The minimum atomic E-state index is -0.204. The van der Waals surface area contributed by atoms with Gasteiger partial charge in [-0.3, -0.25) is 14.9 Å². The average molecular weight is 863 g/mol. The van der Waals surface area contributed by atoms with Crippen LogP contribution in [0.1, 0.15) is 101 Å². The molecular weight excluding hydrogens is 777 g/mol. The number of ether oxygens (including phenoxy) is 1. The molecule has 0 spiro atoms. The number of nitrogens with two attached hydrogens (primary N) is 6. The van der Waals surface area contributed by atoms with Gasteiger partial charge >= 0.3 is 6.09 Å². The highest BCUT2D eigenvalue weighted by Crippen LogP contribution is 2.16. The summed E-state index contributed by atoms with van der Waals surface area (Å²) in [5.74, 6) is 0. The molecular formula is C48H86N12O2. The van der Waals surface area contributed by atoms with Crippen molar-refractivity contribution in [2.24, 2.45) is 34.4 Å². The van der Waals surface area contributed by atoms with Gasteiger partial charge < -0.3 is 53.8 Å². The van der Waals surface area contributed by atoms with E-state index in [1.807, 2.05) is 31.2 Å². The standard InChI is InChI=1S/C12H18N2.C9H20N2.C8H16N2O2.C7H16N2.2C6H8N2/c13-12-6-8-14(9-7-12)10-11-4-2-1-3-5-11;1-9-5-2-3-7-11(9)8-4-6-10;1-2-12-8(11)10-5-3-7(9)4-6-10;8-4-7-9-5-2-1-3-6-9;7-5-6-1-3-8-4-2-6;7-4-6-2-1-3-8-5-6/h1-5,12H,6-10,13H2;9H,2-8,10H2,1H3;7H,2-6,9H2,1H3;1-8H2;1-4H,5,7H2;1-3,5H,4,7H2. The molecule has 14 heteroatoms. The molecule has 4 aliphatic heterocycles. The molecule has 3 aromatic rings. The van der Waals surface area contributed by atoms with Crippen molar-refractivity contribution in [2.45, 2.75) is 122 Å². The van der Waals surface area contributed by atoms with Crippen LogP contribution in [0.2, 0.25) is 0 Å². The number of piperidine rings is 4. The van der Waals surface area contributed by atoms with Crippen LogP contribution in [0, 0.1) is 0 Å². The van der Waals surface area contributed by atoms with Crippen molar-refractivity contribution in [3.8, 4) is 0 Å². The molecule has 350 valence electrons. The van der Waals surface area contributed by atoms with Crippen molar-refractivity contribution in [3.63, 3.8) is 0 Å². The van der Waals surface area contributed by atoms with Crippen LogP contribution in [0.25, 0.3) is 0 Å². The third-order valence-electron chi connectivity index (χ3n) is 11.4. The number of hydrogen-bond donors (Lipinski definition) is 6. The average Bonchev–Trinajstić information content (AvgIpc) is 3.32. The molecule has 62 heavy (non-hydrogen) atoms. The first-order valence-electron chi connectivity index (χ1n) is 23.5. The highest BCUT2D eigenvalue weighted by atomic mass is 16.6. The SMILES string of the molecule is CC1CCCCN1CCCN.CCOC(=O)N1CCC(N)CC1.NC1CCN(Cc2ccccc2)CC1.NCCN1CCCCC1.NCc1cccnc1.NCc1ccncc1. The van der Waals surface area contributed by atoms with E-state index >= 15 is 0 Å². The molecule has 6 heterocycles. The predicted molar refractivity (Wildman–Crippen MR) is 257 cm³/mol. The zero-order chi connectivity index (χ0) is 45.0. The van der Waals surface area contributed by atoms with Gasteiger partial charge in [0.05, 0.1) is 6.61 Å². The van der Waals surface area contributed by atoms with E-state index in [1.54, 1.807) is 29.7 Å². The van der Waals surface area contributed by atoms with E-state index in [1.165, 1.54) is 70.3 Å². The zero-order valence-corrected chi connectivity index (χ0v) is 38.6. The van der Waals surface area contributed by atoms with Crippen LogP contribution in [0.15, 0.2) is 79.4 Å². The van der Waals surface area contributed by atoms with E-state index in [9.17, 15) is 4.79 Å². The lowest BCUT2D eigenvalue weighted by Crippen LogP contribution is -2.43. The summed E-state index contributed by atoms with van der Waals surface area (Å²) < 4.78 is 4.86. The van der Waals surface area contributed by atoms with E-state index < -0.39 is 0 Å². The summed E-state index contributed by atoms with van der Waals surface area (Å²) in [5, 5.41) is 0. The van der Waals surface area contributed by atoms with Crippen LogP contribution in [0.3, 0.4) is 0 Å². The Bertz CT molecular complexity index is 1400. The molecule has 4 fully saturated rings. The van der Waals surface area contributed by atoms with Crippen LogP contribution in [0.5, 0.6) is 0 Å². The molecule has 2 aromatic heterocycles. The van der Waals surface area contributed by atoms with Crippen LogP contribution in [0.4, 0.5) is 4.79 Å². The molecule has 4 aliphatic rings. The number of likely N-dealkylation sites (tertiary alicyclic amines) is 4. The highest BCUT2D eigenvalue weighted by Gasteiger charge is 2.21. The van der Waals surface area contributed by atoms with Crippen molar-refractivity contribution < 1.29 is 9.53 Å². The second-order valence-corrected chi connectivity index (χ2v) is 16.5. The molecule has 4 saturated heterocycles. The third-order valence-corrected chi connectivity index (χ3v) is 11.4. The summed E-state index contributed by atoms with van der Waals surface area (Å²) in [6.07, 6.45) is 20.3. The summed E-state index contributed by atoms with van der Waals surface area (Å²) in [6.45, 7) is 18.4. The monoisotopic (exact) mass is 863 g/mol. The van der Waals surface area contributed by atoms with Gasteiger partial charge in [-0.05, 0) is 152 Å². The fraction of sp³-hybridized carbons (Fsp3) is 0.646. The minimum absolute atomic E-state index is 0.204. The molecule has 0 aliphatic carbocycles. The number of aromatic nitrogens is 2. The van der Waals surface area contributed by atoms with Crippen LogP contribution >= 0.6 is 0 Å². The number of carbonyl (C=O) groups is 1. The van der Waals surface area contributed by atoms with Gasteiger partial charge in [0.15, 0.2) is 0 Å². The number of pyridine rings is 2. The summed E-state index contributed by atoms with van der Waals surface area (Å²) in [6, 6.07) is 19.8. The molecule has 12 N–H and O–H groups in total. The molecule has 1 aromatic carbocycles. The topological polar surface area (TPSA) is 221 Å². The maximum absolute atomic E-state index is 11.2. The molecule has 1 atom stereocenters. The fourth-order valence-corrected chi connectivity index (χ4v) is 7.44. The van der Waals surface area contributed by atoms with Crippen molar-refractivity contribution in [3.05, 3.63) is 96.1 Å². The third kappa shape index (κ3) is 26.1. The van der Waals surface area contributed by atoms with Crippen molar-refractivity contribution in [1.29, 1.82) is 0 Å². The quantitative estimate of drug-likeness (QED) is 0.160. The summed E-state index contributed by atoms with van der Waals surface area (Å²) in [5.41, 5.74) is 36.7. The van der Waals surface area contributed by atoms with E-state index in [2.05, 4.69) is 61.9 Å². The Morgan fingerprint density at radius 3 is 1.76 bits per heavy atom. The van der Waals surface area contributed by atoms with E-state index in [0.29, 0.717) is 25.7 Å². The van der Waals surface area contributed by atoms with Gasteiger partial charge in [-0.15, -0.1) is 0 Å². The largest absolute Gasteiger partial charge is 0.450 e. The highest BCUT2D eigenvalue weighted by molar-refractivity contribution is 5.67. The van der Waals surface area contributed by atoms with E-state index in [0.717, 1.165) is 102 Å². The summed E-state index contributed by atoms with van der Waals surface area (Å²) >= 11 is 0. The first kappa shape index (κ1) is 54.6. The van der Waals surface area contributed by atoms with E-state index in [4.69, 9.17) is 39.1 Å². The minimum Gasteiger partial charge on any atom is -0.450 e. The van der Waals surface area contributed by atoms with Gasteiger partial charge in [-0.25, -0.2) is 4.79 Å². The first-order valence-corrected chi connectivity index (χ1v) is 23.5. The van der Waals surface area contributed by atoms with Gasteiger partial charge in [0.25, 0.3) is 0 Å². The Labute approximate surface area is 375 Å². The molecule has 14 nitrogen and oxygen atoms in total. The molecule has 1 amide bonds. The van der Waals surface area contributed by atoms with Crippen LogP contribution < -0.4 is 34.4 Å². The van der Waals surface area contributed by atoms with Crippen molar-refractivity contribution in [2.75, 3.05) is 78.6 Å². The maximum Gasteiger partial charge on any atom is 0.409 e. The number of hydrogen-bond acceptors (Lipinski definition) is 13. The number of carbonyl (C=O) groups excluding carboxylic acids is 1. The molecule has 0 radical (unpaired) electrons. The predicted octanol–water partition coefficient (Wildman–Crippen LogP) is 4.90. The van der Waals surface area contributed by atoms with Crippen molar-refractivity contribution in [1.82, 2.24) is 29.6 Å². The lowest BCUT2D eigenvalue weighted by Gasteiger charge is -2.33. The zero-order valence-electron chi connectivity index (χ0n) is 38.6. The first-order chi connectivity index (χ1) is 30.2. The van der Waals surface area contributed by atoms with Gasteiger partial charge in [0.2, 0.25) is 0 Å². The molecule has 1 unspecified atom stereocenters. The maximum atomic E-state index is 11.2. The lowest BCUT2D eigenvalue weighted by molar-refractivity contribution is 0.0974. The second kappa shape index (κ2) is 35.8. The number of benzene rings is 1. The van der Waals surface area contributed by atoms with E-state index in [-0.39, 0.29) is 12.1 Å². The Balaban J connectivity index is 0.000000259. The van der Waals surface area contributed by atoms with Gasteiger partial charge in [0.1, 0.15) is 0 Å². The summed E-state index contributed by atoms with van der Waals surface area (Å²) in [4.78, 5) is 28.1. The Morgan fingerprint density at radius 2 is 1.24 bits per heavy atom. The normalized spacial score (nSPS) is 18.6. The second-order valence-electron chi connectivity index (χ2n) is 16.5. The van der Waals surface area contributed by atoms with Crippen molar-refractivity contribution >= 4 is 6.09 Å².